The van der Waals surface area contributed by atoms with Crippen molar-refractivity contribution in [3.05, 3.63) is 65.5 Å². The highest BCUT2D eigenvalue weighted by atomic mass is 19.1. The van der Waals surface area contributed by atoms with Crippen LogP contribution < -0.4 is 10.5 Å². The predicted octanol–water partition coefficient (Wildman–Crippen LogP) is 2.87. The van der Waals surface area contributed by atoms with Gasteiger partial charge in [0.15, 0.2) is 0 Å². The molecule has 1 amide bonds. The SMILES string of the molecule is NC(=O)Oc1ccc(F)cc1Cc1ccccc1. The molecule has 0 aliphatic heterocycles. The van der Waals surface area contributed by atoms with Crippen LogP contribution >= 0.6 is 0 Å². The average Bonchev–Trinajstić information content (AvgIpc) is 2.33. The summed E-state index contributed by atoms with van der Waals surface area (Å²) in [5.41, 5.74) is 6.55. The number of halogens is 1. The second-order valence-electron chi connectivity index (χ2n) is 3.84. The van der Waals surface area contributed by atoms with Crippen molar-refractivity contribution in [2.75, 3.05) is 0 Å². The van der Waals surface area contributed by atoms with Crippen LogP contribution in [0.15, 0.2) is 48.5 Å². The van der Waals surface area contributed by atoms with Gasteiger partial charge in [0.05, 0.1) is 0 Å². The predicted molar refractivity (Wildman–Crippen MR) is 65.9 cm³/mol. The zero-order chi connectivity index (χ0) is 13.0. The molecule has 0 radical (unpaired) electrons. The number of ether oxygens (including phenoxy) is 1. The van der Waals surface area contributed by atoms with Gasteiger partial charge in [-0.05, 0) is 23.8 Å². The third-order valence-electron chi connectivity index (χ3n) is 2.47. The monoisotopic (exact) mass is 245 g/mol. The molecule has 3 nitrogen and oxygen atoms in total. The van der Waals surface area contributed by atoms with Crippen LogP contribution in [0.25, 0.3) is 0 Å². The van der Waals surface area contributed by atoms with E-state index in [1.165, 1.54) is 18.2 Å². The molecule has 0 bridgehead atoms. The van der Waals surface area contributed by atoms with Gasteiger partial charge >= 0.3 is 6.09 Å². The maximum Gasteiger partial charge on any atom is 0.409 e. The first-order valence-electron chi connectivity index (χ1n) is 5.45. The molecule has 0 aliphatic carbocycles. The number of hydrogen-bond acceptors (Lipinski definition) is 2. The molecule has 0 unspecified atom stereocenters. The Kier molecular flexibility index (Phi) is 3.57. The number of benzene rings is 2. The van der Waals surface area contributed by atoms with Crippen LogP contribution in [0.5, 0.6) is 5.75 Å². The number of carbonyl (C=O) groups excluding carboxylic acids is 1. The summed E-state index contributed by atoms with van der Waals surface area (Å²) in [6.07, 6.45) is -0.433. The number of nitrogens with two attached hydrogens (primary N) is 1. The van der Waals surface area contributed by atoms with E-state index >= 15 is 0 Å². The standard InChI is InChI=1S/C14H12FNO2/c15-12-6-7-13(18-14(16)17)11(9-12)8-10-4-2-1-3-5-10/h1-7,9H,8H2,(H2,16,17). The zero-order valence-electron chi connectivity index (χ0n) is 9.60. The molecule has 0 atom stereocenters. The molecule has 92 valence electrons. The van der Waals surface area contributed by atoms with Crippen LogP contribution in [-0.4, -0.2) is 6.09 Å². The van der Waals surface area contributed by atoms with E-state index < -0.39 is 6.09 Å². The van der Waals surface area contributed by atoms with Gasteiger partial charge in [0.2, 0.25) is 0 Å². The van der Waals surface area contributed by atoms with Gasteiger partial charge < -0.3 is 10.5 Å². The Hall–Kier alpha value is -2.36. The molecule has 0 aromatic heterocycles. The van der Waals surface area contributed by atoms with Gasteiger partial charge in [0.1, 0.15) is 11.6 Å². The smallest absolute Gasteiger partial charge is 0.409 e. The lowest BCUT2D eigenvalue weighted by atomic mass is 10.0. The molecule has 0 saturated heterocycles. The van der Waals surface area contributed by atoms with E-state index in [9.17, 15) is 9.18 Å². The molecule has 0 heterocycles. The fraction of sp³-hybridized carbons (Fsp3) is 0.0714. The van der Waals surface area contributed by atoms with Gasteiger partial charge in [-0.3, -0.25) is 0 Å². The number of carbonyl (C=O) groups is 1. The lowest BCUT2D eigenvalue weighted by Gasteiger charge is -2.08. The Morgan fingerprint density at radius 3 is 2.56 bits per heavy atom. The quantitative estimate of drug-likeness (QED) is 0.903. The van der Waals surface area contributed by atoms with Gasteiger partial charge in [0.25, 0.3) is 0 Å². The Labute approximate surface area is 104 Å². The van der Waals surface area contributed by atoms with Crippen molar-refractivity contribution in [1.82, 2.24) is 0 Å². The van der Waals surface area contributed by atoms with Crippen molar-refractivity contribution in [1.29, 1.82) is 0 Å². The molecule has 2 N–H and O–H groups in total. The van der Waals surface area contributed by atoms with Crippen molar-refractivity contribution >= 4 is 6.09 Å². The second kappa shape index (κ2) is 5.31. The fourth-order valence-corrected chi connectivity index (χ4v) is 1.71. The normalized spacial score (nSPS) is 10.1. The van der Waals surface area contributed by atoms with Gasteiger partial charge in [-0.2, -0.15) is 0 Å². The van der Waals surface area contributed by atoms with Gasteiger partial charge in [-0.25, -0.2) is 9.18 Å². The molecule has 2 aromatic carbocycles. The first kappa shape index (κ1) is 12.1. The van der Waals surface area contributed by atoms with Gasteiger partial charge in [-0.15, -0.1) is 0 Å². The molecule has 2 rings (SSSR count). The van der Waals surface area contributed by atoms with Crippen molar-refractivity contribution in [2.24, 2.45) is 5.73 Å². The molecule has 0 spiro atoms. The van der Waals surface area contributed by atoms with E-state index in [4.69, 9.17) is 10.5 Å². The lowest BCUT2D eigenvalue weighted by molar-refractivity contribution is 0.210. The van der Waals surface area contributed by atoms with E-state index in [1.807, 2.05) is 30.3 Å². The first-order valence-corrected chi connectivity index (χ1v) is 5.45. The largest absolute Gasteiger partial charge is 0.410 e. The van der Waals surface area contributed by atoms with Crippen molar-refractivity contribution in [2.45, 2.75) is 6.42 Å². The van der Waals surface area contributed by atoms with Crippen molar-refractivity contribution in [3.8, 4) is 5.75 Å². The highest BCUT2D eigenvalue weighted by Crippen LogP contribution is 2.22. The van der Waals surface area contributed by atoms with E-state index in [0.717, 1.165) is 5.56 Å². The minimum absolute atomic E-state index is 0.285. The van der Waals surface area contributed by atoms with Gasteiger partial charge in [-0.1, -0.05) is 30.3 Å². The maximum atomic E-state index is 13.2. The molecule has 18 heavy (non-hydrogen) atoms. The Balaban J connectivity index is 2.30. The minimum Gasteiger partial charge on any atom is -0.410 e. The van der Waals surface area contributed by atoms with E-state index in [1.54, 1.807) is 0 Å². The summed E-state index contributed by atoms with van der Waals surface area (Å²) in [6, 6.07) is 13.5. The molecule has 0 saturated carbocycles. The molecular formula is C14H12FNO2. The van der Waals surface area contributed by atoms with Crippen LogP contribution in [0.2, 0.25) is 0 Å². The topological polar surface area (TPSA) is 52.3 Å². The van der Waals surface area contributed by atoms with Gasteiger partial charge in [0, 0.05) is 12.0 Å². The fourth-order valence-electron chi connectivity index (χ4n) is 1.71. The Morgan fingerprint density at radius 2 is 1.89 bits per heavy atom. The van der Waals surface area contributed by atoms with E-state index in [2.05, 4.69) is 0 Å². The molecular weight excluding hydrogens is 233 g/mol. The molecule has 2 aromatic rings. The number of amides is 1. The third-order valence-corrected chi connectivity index (χ3v) is 2.47. The second-order valence-corrected chi connectivity index (χ2v) is 3.84. The zero-order valence-corrected chi connectivity index (χ0v) is 9.60. The summed E-state index contributed by atoms with van der Waals surface area (Å²) in [5.74, 6) is -0.0921. The van der Waals surface area contributed by atoms with Crippen molar-refractivity contribution in [3.63, 3.8) is 0 Å². The Bertz CT molecular complexity index is 555. The number of hydrogen-bond donors (Lipinski definition) is 1. The van der Waals surface area contributed by atoms with Crippen LogP contribution in [0.1, 0.15) is 11.1 Å². The molecule has 0 aliphatic rings. The summed E-state index contributed by atoms with van der Waals surface area (Å²) in [4.78, 5) is 10.8. The minimum atomic E-state index is -0.907. The Morgan fingerprint density at radius 1 is 1.17 bits per heavy atom. The summed E-state index contributed by atoms with van der Waals surface area (Å²) in [5, 5.41) is 0. The highest BCUT2D eigenvalue weighted by molar-refractivity contribution is 5.68. The summed E-state index contributed by atoms with van der Waals surface area (Å²) in [7, 11) is 0. The van der Waals surface area contributed by atoms with E-state index in [-0.39, 0.29) is 11.6 Å². The molecule has 4 heteroatoms. The summed E-state index contributed by atoms with van der Waals surface area (Å²) >= 11 is 0. The highest BCUT2D eigenvalue weighted by Gasteiger charge is 2.08. The van der Waals surface area contributed by atoms with E-state index in [0.29, 0.717) is 12.0 Å². The van der Waals surface area contributed by atoms with Crippen LogP contribution in [-0.2, 0) is 6.42 Å². The van der Waals surface area contributed by atoms with Crippen LogP contribution in [0, 0.1) is 5.82 Å². The number of rotatable bonds is 3. The first-order chi connectivity index (χ1) is 8.65. The third kappa shape index (κ3) is 3.07. The summed E-state index contributed by atoms with van der Waals surface area (Å²) in [6.45, 7) is 0. The number of primary amides is 1. The van der Waals surface area contributed by atoms with Crippen molar-refractivity contribution < 1.29 is 13.9 Å². The van der Waals surface area contributed by atoms with Crippen LogP contribution in [0.4, 0.5) is 9.18 Å². The average molecular weight is 245 g/mol. The maximum absolute atomic E-state index is 13.2. The summed E-state index contributed by atoms with van der Waals surface area (Å²) < 4.78 is 18.1. The van der Waals surface area contributed by atoms with Crippen LogP contribution in [0.3, 0.4) is 0 Å². The lowest BCUT2D eigenvalue weighted by Crippen LogP contribution is -2.17. The molecule has 0 fully saturated rings.